The van der Waals surface area contributed by atoms with E-state index in [0.717, 1.165) is 31.5 Å². The van der Waals surface area contributed by atoms with E-state index < -0.39 is 0 Å². The second kappa shape index (κ2) is 3.71. The second-order valence-electron chi connectivity index (χ2n) is 3.47. The molecule has 0 spiro atoms. The van der Waals surface area contributed by atoms with Gasteiger partial charge in [-0.2, -0.15) is 0 Å². The number of carbonyl (C=O) groups excluding carboxylic acids is 1. The van der Waals surface area contributed by atoms with Gasteiger partial charge in [0.25, 0.3) is 0 Å². The summed E-state index contributed by atoms with van der Waals surface area (Å²) in [7, 11) is 0. The molecule has 2 rings (SSSR count). The van der Waals surface area contributed by atoms with Crippen LogP contribution in [0.5, 0.6) is 0 Å². The Morgan fingerprint density at radius 2 is 2.31 bits per heavy atom. The van der Waals surface area contributed by atoms with Crippen molar-refractivity contribution in [2.75, 3.05) is 13.2 Å². The predicted octanol–water partition coefficient (Wildman–Crippen LogP) is 1.69. The van der Waals surface area contributed by atoms with E-state index in [1.165, 1.54) is 5.56 Å². The maximum Gasteiger partial charge on any atom is 0.150 e. The fraction of sp³-hybridized carbons (Fsp3) is 0.364. The molecule has 0 bridgehead atoms. The first kappa shape index (κ1) is 8.45. The summed E-state index contributed by atoms with van der Waals surface area (Å²) in [5.41, 5.74) is 2.00. The number of ether oxygens (including phenoxy) is 1. The van der Waals surface area contributed by atoms with Crippen LogP contribution in [0.2, 0.25) is 0 Å². The minimum atomic E-state index is 0.655. The number of hydrogen-bond acceptors (Lipinski definition) is 2. The first-order valence-corrected chi connectivity index (χ1v) is 4.50. The van der Waals surface area contributed by atoms with E-state index >= 15 is 0 Å². The largest absolute Gasteiger partial charge is 0.381 e. The maximum atomic E-state index is 10.5. The molecule has 1 fully saturated rings. The monoisotopic (exact) mass is 176 g/mol. The lowest BCUT2D eigenvalue weighted by Crippen LogP contribution is -2.29. The quantitative estimate of drug-likeness (QED) is 0.655. The highest BCUT2D eigenvalue weighted by Gasteiger charge is 2.18. The van der Waals surface area contributed by atoms with Crippen LogP contribution in [0.3, 0.4) is 0 Å². The van der Waals surface area contributed by atoms with Gasteiger partial charge < -0.3 is 4.74 Å². The molecule has 0 atom stereocenters. The molecule has 1 aromatic rings. The highest BCUT2D eigenvalue weighted by molar-refractivity contribution is 5.74. The third-order valence-electron chi connectivity index (χ3n) is 2.32. The van der Waals surface area contributed by atoms with E-state index in [9.17, 15) is 4.79 Å². The zero-order valence-electron chi connectivity index (χ0n) is 7.40. The zero-order chi connectivity index (χ0) is 9.10. The Morgan fingerprint density at radius 3 is 2.92 bits per heavy atom. The number of hydrogen-bond donors (Lipinski definition) is 0. The highest BCUT2D eigenvalue weighted by atomic mass is 16.5. The Bertz CT molecular complexity index is 303. The van der Waals surface area contributed by atoms with Crippen LogP contribution in [0.4, 0.5) is 0 Å². The SMILES string of the molecule is O=Cc1cccc(CC2COC2)c1. The molecule has 2 nitrogen and oxygen atoms in total. The van der Waals surface area contributed by atoms with Crippen LogP contribution in [0.1, 0.15) is 15.9 Å². The van der Waals surface area contributed by atoms with Gasteiger partial charge in [0.15, 0.2) is 0 Å². The van der Waals surface area contributed by atoms with Gasteiger partial charge in [-0.25, -0.2) is 0 Å². The smallest absolute Gasteiger partial charge is 0.150 e. The molecule has 0 aliphatic carbocycles. The van der Waals surface area contributed by atoms with Crippen molar-refractivity contribution < 1.29 is 9.53 Å². The minimum Gasteiger partial charge on any atom is -0.381 e. The molecule has 1 heterocycles. The Hall–Kier alpha value is -1.15. The van der Waals surface area contributed by atoms with E-state index in [0.29, 0.717) is 5.92 Å². The molecule has 1 aromatic carbocycles. The molecule has 1 aliphatic rings. The summed E-state index contributed by atoms with van der Waals surface area (Å²) in [5.74, 6) is 0.655. The molecular formula is C11H12O2. The third-order valence-corrected chi connectivity index (χ3v) is 2.32. The number of carbonyl (C=O) groups is 1. The lowest BCUT2D eigenvalue weighted by molar-refractivity contribution is -0.0312. The van der Waals surface area contributed by atoms with E-state index in [2.05, 4.69) is 6.07 Å². The van der Waals surface area contributed by atoms with Crippen LogP contribution in [0.25, 0.3) is 0 Å². The molecule has 0 aromatic heterocycles. The lowest BCUT2D eigenvalue weighted by Gasteiger charge is -2.25. The van der Waals surface area contributed by atoms with Gasteiger partial charge >= 0.3 is 0 Å². The summed E-state index contributed by atoms with van der Waals surface area (Å²) in [6, 6.07) is 7.77. The van der Waals surface area contributed by atoms with Gasteiger partial charge in [-0.3, -0.25) is 4.79 Å². The van der Waals surface area contributed by atoms with Crippen LogP contribution in [0, 0.1) is 5.92 Å². The van der Waals surface area contributed by atoms with E-state index in [-0.39, 0.29) is 0 Å². The van der Waals surface area contributed by atoms with Crippen LogP contribution in [-0.4, -0.2) is 19.5 Å². The first-order chi connectivity index (χ1) is 6.38. The molecule has 1 aliphatic heterocycles. The summed E-state index contributed by atoms with van der Waals surface area (Å²) in [4.78, 5) is 10.5. The molecule has 68 valence electrons. The normalized spacial score (nSPS) is 16.6. The molecule has 0 unspecified atom stereocenters. The first-order valence-electron chi connectivity index (χ1n) is 4.50. The van der Waals surface area contributed by atoms with E-state index in [1.54, 1.807) is 0 Å². The summed E-state index contributed by atoms with van der Waals surface area (Å²) < 4.78 is 5.09. The third kappa shape index (κ3) is 1.95. The maximum absolute atomic E-state index is 10.5. The molecular weight excluding hydrogens is 164 g/mol. The second-order valence-corrected chi connectivity index (χ2v) is 3.47. The number of aldehydes is 1. The van der Waals surface area contributed by atoms with Gasteiger partial charge in [0.1, 0.15) is 6.29 Å². The van der Waals surface area contributed by atoms with Gasteiger partial charge in [0.2, 0.25) is 0 Å². The minimum absolute atomic E-state index is 0.655. The van der Waals surface area contributed by atoms with Gasteiger partial charge in [-0.05, 0) is 18.1 Å². The molecule has 13 heavy (non-hydrogen) atoms. The highest BCUT2D eigenvalue weighted by Crippen LogP contribution is 2.16. The fourth-order valence-electron chi connectivity index (χ4n) is 1.53. The van der Waals surface area contributed by atoms with Crippen molar-refractivity contribution in [2.45, 2.75) is 6.42 Å². The molecule has 0 amide bonds. The Kier molecular flexibility index (Phi) is 2.41. The van der Waals surface area contributed by atoms with Gasteiger partial charge in [0, 0.05) is 11.5 Å². The Morgan fingerprint density at radius 1 is 1.46 bits per heavy atom. The van der Waals surface area contributed by atoms with Crippen LogP contribution < -0.4 is 0 Å². The summed E-state index contributed by atoms with van der Waals surface area (Å²) >= 11 is 0. The van der Waals surface area contributed by atoms with Gasteiger partial charge in [-0.1, -0.05) is 18.2 Å². The van der Waals surface area contributed by atoms with Crippen molar-refractivity contribution in [3.8, 4) is 0 Å². The van der Waals surface area contributed by atoms with Crippen LogP contribution in [-0.2, 0) is 11.2 Å². The number of benzene rings is 1. The molecule has 1 saturated heterocycles. The summed E-state index contributed by atoms with van der Waals surface area (Å²) in [6.07, 6.45) is 1.92. The molecule has 0 radical (unpaired) electrons. The van der Waals surface area contributed by atoms with Crippen molar-refractivity contribution in [3.63, 3.8) is 0 Å². The predicted molar refractivity (Wildman–Crippen MR) is 49.8 cm³/mol. The zero-order valence-corrected chi connectivity index (χ0v) is 7.40. The van der Waals surface area contributed by atoms with E-state index in [4.69, 9.17) is 4.74 Å². The number of rotatable bonds is 3. The fourth-order valence-corrected chi connectivity index (χ4v) is 1.53. The van der Waals surface area contributed by atoms with Crippen LogP contribution in [0.15, 0.2) is 24.3 Å². The van der Waals surface area contributed by atoms with Crippen molar-refractivity contribution >= 4 is 6.29 Å². The van der Waals surface area contributed by atoms with Crippen molar-refractivity contribution in [1.29, 1.82) is 0 Å². The van der Waals surface area contributed by atoms with Crippen molar-refractivity contribution in [2.24, 2.45) is 5.92 Å². The van der Waals surface area contributed by atoms with Crippen molar-refractivity contribution in [1.82, 2.24) is 0 Å². The molecule has 0 N–H and O–H groups in total. The average molecular weight is 176 g/mol. The topological polar surface area (TPSA) is 26.3 Å². The van der Waals surface area contributed by atoms with E-state index in [1.807, 2.05) is 18.2 Å². The Labute approximate surface area is 77.5 Å². The standard InChI is InChI=1S/C11H12O2/c12-6-10-3-1-2-9(4-10)5-11-7-13-8-11/h1-4,6,11H,5,7-8H2. The van der Waals surface area contributed by atoms with Gasteiger partial charge in [-0.15, -0.1) is 0 Å². The average Bonchev–Trinajstić information content (AvgIpc) is 2.12. The lowest BCUT2D eigenvalue weighted by atomic mass is 9.97. The summed E-state index contributed by atoms with van der Waals surface area (Å²) in [6.45, 7) is 1.73. The van der Waals surface area contributed by atoms with Crippen LogP contribution >= 0.6 is 0 Å². The van der Waals surface area contributed by atoms with Crippen molar-refractivity contribution in [3.05, 3.63) is 35.4 Å². The Balaban J connectivity index is 2.05. The molecule has 0 saturated carbocycles. The van der Waals surface area contributed by atoms with Gasteiger partial charge in [0.05, 0.1) is 13.2 Å². The molecule has 2 heteroatoms. The summed E-state index contributed by atoms with van der Waals surface area (Å²) in [5, 5.41) is 0.